The molecular formula is C4Cl4O3. The van der Waals surface area contributed by atoms with E-state index in [0.717, 1.165) is 0 Å². The van der Waals surface area contributed by atoms with Crippen molar-refractivity contribution in [3.8, 4) is 11.5 Å². The molecule has 0 aromatic carbocycles. The average Bonchev–Trinajstić information content (AvgIpc) is 2.24. The molecule has 0 atom stereocenters. The van der Waals surface area contributed by atoms with E-state index in [0.29, 0.717) is 0 Å². The lowest BCUT2D eigenvalue weighted by Gasteiger charge is -1.92. The summed E-state index contributed by atoms with van der Waals surface area (Å²) >= 11 is 20.8. The van der Waals surface area contributed by atoms with E-state index in [1.807, 2.05) is 0 Å². The molecule has 62 valence electrons. The Morgan fingerprint density at radius 2 is 1.27 bits per heavy atom. The van der Waals surface area contributed by atoms with Crippen molar-refractivity contribution in [3.05, 3.63) is 10.4 Å². The fourth-order valence-corrected chi connectivity index (χ4v) is 1.28. The van der Waals surface area contributed by atoms with Gasteiger partial charge in [0, 0.05) is 0 Å². The van der Waals surface area contributed by atoms with Gasteiger partial charge in [-0.15, -0.1) is 0 Å². The van der Waals surface area contributed by atoms with Crippen molar-refractivity contribution in [1.29, 1.82) is 0 Å². The Bertz CT molecular complexity index is 234. The summed E-state index contributed by atoms with van der Waals surface area (Å²) in [6, 6.07) is 0. The van der Waals surface area contributed by atoms with E-state index in [-0.39, 0.29) is 21.9 Å². The van der Waals surface area contributed by atoms with Gasteiger partial charge in [0.15, 0.2) is 0 Å². The van der Waals surface area contributed by atoms with Gasteiger partial charge in [-0.2, -0.15) is 0 Å². The van der Waals surface area contributed by atoms with Crippen molar-refractivity contribution >= 4 is 46.9 Å². The first kappa shape index (κ1) is 9.13. The number of rotatable bonds is 2. The summed E-state index contributed by atoms with van der Waals surface area (Å²) < 4.78 is 13.1. The third-order valence-electron chi connectivity index (χ3n) is 0.897. The summed E-state index contributed by atoms with van der Waals surface area (Å²) in [5.41, 5.74) is 0. The SMILES string of the molecule is ClOc1c(Cl)oc(Cl)c1OCl. The predicted molar refractivity (Wildman–Crippen MR) is 41.7 cm³/mol. The van der Waals surface area contributed by atoms with Crippen LogP contribution in [0.4, 0.5) is 0 Å². The van der Waals surface area contributed by atoms with Crippen LogP contribution in [-0.2, 0) is 0 Å². The molecule has 0 N–H and O–H groups in total. The minimum absolute atomic E-state index is 0.0478. The van der Waals surface area contributed by atoms with E-state index in [1.54, 1.807) is 0 Å². The molecule has 1 aromatic rings. The maximum Gasteiger partial charge on any atom is 0.249 e. The molecule has 0 saturated heterocycles. The summed E-state index contributed by atoms with van der Waals surface area (Å²) in [7, 11) is 0. The van der Waals surface area contributed by atoms with Crippen molar-refractivity contribution in [3.63, 3.8) is 0 Å². The van der Waals surface area contributed by atoms with Crippen molar-refractivity contribution < 1.29 is 13.0 Å². The standard InChI is InChI=1S/C4Cl4O3/c5-3-1(10-7)2(11-8)4(6)9-3. The first-order valence-electron chi connectivity index (χ1n) is 2.25. The van der Waals surface area contributed by atoms with Gasteiger partial charge < -0.3 is 13.0 Å². The molecule has 0 aliphatic heterocycles. The molecule has 0 unspecified atom stereocenters. The molecule has 11 heavy (non-hydrogen) atoms. The van der Waals surface area contributed by atoms with E-state index in [2.05, 4.69) is 13.0 Å². The van der Waals surface area contributed by atoms with Crippen LogP contribution < -0.4 is 8.58 Å². The highest BCUT2D eigenvalue weighted by molar-refractivity contribution is 6.35. The largest absolute Gasteiger partial charge is 0.425 e. The second-order valence-corrected chi connectivity index (χ2v) is 2.46. The van der Waals surface area contributed by atoms with Gasteiger partial charge in [-0.3, -0.25) is 0 Å². The van der Waals surface area contributed by atoms with E-state index in [9.17, 15) is 0 Å². The van der Waals surface area contributed by atoms with Gasteiger partial charge in [0.05, 0.1) is 0 Å². The fourth-order valence-electron chi connectivity index (χ4n) is 0.481. The van der Waals surface area contributed by atoms with Crippen LogP contribution in [0.5, 0.6) is 11.5 Å². The van der Waals surface area contributed by atoms with Crippen LogP contribution in [0.15, 0.2) is 4.42 Å². The number of hydrogen-bond acceptors (Lipinski definition) is 3. The second kappa shape index (κ2) is 3.63. The van der Waals surface area contributed by atoms with Crippen LogP contribution in [0.25, 0.3) is 0 Å². The number of furan rings is 1. The quantitative estimate of drug-likeness (QED) is 0.787. The van der Waals surface area contributed by atoms with Crippen molar-refractivity contribution in [2.24, 2.45) is 0 Å². The summed E-state index contributed by atoms with van der Waals surface area (Å²) in [4.78, 5) is 0. The van der Waals surface area contributed by atoms with Gasteiger partial charge in [-0.05, 0) is 23.2 Å². The van der Waals surface area contributed by atoms with Crippen LogP contribution in [-0.4, -0.2) is 0 Å². The molecule has 0 spiro atoms. The van der Waals surface area contributed by atoms with Crippen molar-refractivity contribution in [2.45, 2.75) is 0 Å². The van der Waals surface area contributed by atoms with Gasteiger partial charge in [-0.1, -0.05) is 0 Å². The molecule has 0 fully saturated rings. The summed E-state index contributed by atoms with van der Waals surface area (Å²) in [6.45, 7) is 0. The third-order valence-corrected chi connectivity index (χ3v) is 1.70. The fraction of sp³-hybridized carbons (Fsp3) is 0. The molecule has 0 saturated carbocycles. The van der Waals surface area contributed by atoms with E-state index >= 15 is 0 Å². The Kier molecular flexibility index (Phi) is 3.01. The van der Waals surface area contributed by atoms with E-state index in [4.69, 9.17) is 46.9 Å². The van der Waals surface area contributed by atoms with Crippen LogP contribution in [0.2, 0.25) is 10.4 Å². The molecule has 1 aromatic heterocycles. The second-order valence-electron chi connectivity index (χ2n) is 1.46. The Morgan fingerprint density at radius 3 is 1.55 bits per heavy atom. The first-order chi connectivity index (χ1) is 5.20. The Morgan fingerprint density at radius 1 is 0.909 bits per heavy atom. The number of hydrogen-bond donors (Lipinski definition) is 0. The Balaban J connectivity index is 3.17. The van der Waals surface area contributed by atoms with Crippen LogP contribution in [0, 0.1) is 0 Å². The molecule has 0 aliphatic carbocycles. The molecule has 0 amide bonds. The molecule has 1 heterocycles. The zero-order chi connectivity index (χ0) is 8.43. The van der Waals surface area contributed by atoms with Crippen molar-refractivity contribution in [2.75, 3.05) is 0 Å². The van der Waals surface area contributed by atoms with Gasteiger partial charge >= 0.3 is 0 Å². The molecule has 0 bridgehead atoms. The highest BCUT2D eigenvalue weighted by atomic mass is 35.5. The van der Waals surface area contributed by atoms with Crippen LogP contribution in [0.3, 0.4) is 0 Å². The summed E-state index contributed by atoms with van der Waals surface area (Å²) in [5, 5.41) is -0.249. The lowest BCUT2D eigenvalue weighted by Crippen LogP contribution is -1.76. The Labute approximate surface area is 82.0 Å². The first-order valence-corrected chi connectivity index (χ1v) is 3.63. The van der Waals surface area contributed by atoms with Gasteiger partial charge in [0.2, 0.25) is 21.9 Å². The molecule has 0 aliphatic rings. The van der Waals surface area contributed by atoms with Gasteiger partial charge in [-0.25, -0.2) is 0 Å². The van der Waals surface area contributed by atoms with Gasteiger partial charge in [0.1, 0.15) is 23.7 Å². The minimum Gasteiger partial charge on any atom is -0.425 e. The van der Waals surface area contributed by atoms with E-state index < -0.39 is 0 Å². The zero-order valence-corrected chi connectivity index (χ0v) is 7.76. The van der Waals surface area contributed by atoms with Crippen LogP contribution in [0.1, 0.15) is 0 Å². The normalized spacial score (nSPS) is 9.82. The molecular weight excluding hydrogens is 238 g/mol. The molecule has 0 radical (unpaired) electrons. The van der Waals surface area contributed by atoms with Gasteiger partial charge in [0.25, 0.3) is 0 Å². The predicted octanol–water partition coefficient (Wildman–Crippen LogP) is 3.65. The molecule has 7 heteroatoms. The summed E-state index contributed by atoms with van der Waals surface area (Å²) in [5.74, 6) is -0.0957. The number of halogens is 4. The maximum absolute atomic E-state index is 5.43. The molecule has 3 nitrogen and oxygen atoms in total. The zero-order valence-electron chi connectivity index (χ0n) is 4.74. The lowest BCUT2D eigenvalue weighted by atomic mass is 10.5. The monoisotopic (exact) mass is 236 g/mol. The average molecular weight is 238 g/mol. The van der Waals surface area contributed by atoms with E-state index in [1.165, 1.54) is 0 Å². The van der Waals surface area contributed by atoms with Crippen LogP contribution >= 0.6 is 46.9 Å². The lowest BCUT2D eigenvalue weighted by molar-refractivity contribution is 0.543. The topological polar surface area (TPSA) is 31.6 Å². The maximum atomic E-state index is 5.43. The Hall–Kier alpha value is 0.0400. The highest BCUT2D eigenvalue weighted by Crippen LogP contribution is 2.45. The molecule has 1 rings (SSSR count). The minimum atomic E-state index is -0.124. The smallest absolute Gasteiger partial charge is 0.249 e. The highest BCUT2D eigenvalue weighted by Gasteiger charge is 2.21. The summed E-state index contributed by atoms with van der Waals surface area (Å²) in [6.07, 6.45) is 0. The van der Waals surface area contributed by atoms with Crippen molar-refractivity contribution in [1.82, 2.24) is 0 Å². The third kappa shape index (κ3) is 1.62.